The van der Waals surface area contributed by atoms with Gasteiger partial charge in [-0.05, 0) is 0 Å². The second kappa shape index (κ2) is 13.8. The van der Waals surface area contributed by atoms with E-state index in [1.54, 1.807) is 15.3 Å². The molecule has 0 aliphatic heterocycles. The van der Waals surface area contributed by atoms with Crippen molar-refractivity contribution in [1.29, 1.82) is 0 Å². The summed E-state index contributed by atoms with van der Waals surface area (Å²) in [6, 6.07) is 36.6. The van der Waals surface area contributed by atoms with Gasteiger partial charge < -0.3 is 24.8 Å². The van der Waals surface area contributed by atoms with Crippen LogP contribution in [0.5, 0.6) is 0 Å². The van der Waals surface area contributed by atoms with Gasteiger partial charge in [0.2, 0.25) is 0 Å². The predicted molar refractivity (Wildman–Crippen MR) is 192 cm³/mol. The van der Waals surface area contributed by atoms with Crippen LogP contribution in [0.4, 0.5) is 0 Å². The molecular formula is C43H41Cl3Zr. The third kappa shape index (κ3) is 6.72. The second-order valence-electron chi connectivity index (χ2n) is 14.7. The molecule has 0 N–H and O–H groups in total. The van der Waals surface area contributed by atoms with Crippen LogP contribution >= 0.6 is 11.6 Å². The largest absolute Gasteiger partial charge is 1.00 e. The van der Waals surface area contributed by atoms with Crippen LogP contribution in [0.3, 0.4) is 0 Å². The van der Waals surface area contributed by atoms with Gasteiger partial charge in [0.25, 0.3) is 0 Å². The average molecular weight is 755 g/mol. The van der Waals surface area contributed by atoms with Crippen molar-refractivity contribution in [3.05, 3.63) is 157 Å². The average Bonchev–Trinajstić information content (AvgIpc) is 3.67. The van der Waals surface area contributed by atoms with Gasteiger partial charge in [-0.3, -0.25) is 0 Å². The first-order chi connectivity index (χ1) is 21.5. The number of allylic oxidation sites excluding steroid dienone is 4. The Kier molecular flexibility index (Phi) is 10.5. The first-order valence-corrected chi connectivity index (χ1v) is 20.2. The summed E-state index contributed by atoms with van der Waals surface area (Å²) in [6.45, 7) is 14.2. The number of hydrogen-bond donors (Lipinski definition) is 0. The molecule has 47 heavy (non-hydrogen) atoms. The van der Waals surface area contributed by atoms with Crippen LogP contribution < -0.4 is 28.1 Å². The Labute approximate surface area is 305 Å². The van der Waals surface area contributed by atoms with Crippen molar-refractivity contribution in [2.75, 3.05) is 0 Å². The molecule has 0 unspecified atom stereocenters. The first-order valence-electron chi connectivity index (χ1n) is 16.2. The molecule has 238 valence electrons. The molecular weight excluding hydrogens is 714 g/mol. The van der Waals surface area contributed by atoms with E-state index in [4.69, 9.17) is 11.6 Å². The maximum atomic E-state index is 6.52. The molecule has 7 rings (SSSR count). The van der Waals surface area contributed by atoms with Crippen LogP contribution in [0, 0.1) is 0 Å². The van der Waals surface area contributed by atoms with E-state index in [1.807, 2.05) is 0 Å². The van der Waals surface area contributed by atoms with Crippen LogP contribution in [-0.2, 0) is 38.5 Å². The zero-order chi connectivity index (χ0) is 31.5. The Hall–Kier alpha value is -2.54. The van der Waals surface area contributed by atoms with E-state index in [2.05, 4.69) is 157 Å². The summed E-state index contributed by atoms with van der Waals surface area (Å²) in [5.41, 5.74) is 11.6. The van der Waals surface area contributed by atoms with Gasteiger partial charge in [-0.15, -0.1) is 0 Å². The zero-order valence-corrected chi connectivity index (χ0v) is 32.7. The Morgan fingerprint density at radius 3 is 2.11 bits per heavy atom. The Morgan fingerprint density at radius 1 is 0.723 bits per heavy atom. The molecule has 0 spiro atoms. The van der Waals surface area contributed by atoms with Gasteiger partial charge in [0.15, 0.2) is 0 Å². The summed E-state index contributed by atoms with van der Waals surface area (Å²) >= 11 is 3.63. The van der Waals surface area contributed by atoms with Gasteiger partial charge in [-0.1, -0.05) is 0 Å². The number of benzene rings is 5. The molecule has 0 heterocycles. The van der Waals surface area contributed by atoms with Crippen molar-refractivity contribution in [2.24, 2.45) is 0 Å². The summed E-state index contributed by atoms with van der Waals surface area (Å²) in [5, 5.41) is 3.40. The van der Waals surface area contributed by atoms with Crippen LogP contribution in [-0.4, -0.2) is 3.21 Å². The number of halogens is 3. The molecule has 0 amide bonds. The molecule has 2 aliphatic carbocycles. The molecule has 2 aliphatic rings. The van der Waals surface area contributed by atoms with E-state index in [0.29, 0.717) is 0 Å². The Balaban J connectivity index is 0.00000217. The minimum atomic E-state index is -2.90. The summed E-state index contributed by atoms with van der Waals surface area (Å²) in [6.07, 6.45) is 9.15. The number of hydrogen-bond acceptors (Lipinski definition) is 0. The smallest absolute Gasteiger partial charge is 1.00 e. The van der Waals surface area contributed by atoms with E-state index in [-0.39, 0.29) is 35.6 Å². The fourth-order valence-electron chi connectivity index (χ4n) is 7.23. The maximum Gasteiger partial charge on any atom is -1.00 e. The van der Waals surface area contributed by atoms with Crippen molar-refractivity contribution in [1.82, 2.24) is 0 Å². The molecule has 4 heteroatoms. The van der Waals surface area contributed by atoms with Gasteiger partial charge in [-0.25, -0.2) is 0 Å². The summed E-state index contributed by atoms with van der Waals surface area (Å²) < 4.78 is 4.86. The van der Waals surface area contributed by atoms with E-state index in [9.17, 15) is 0 Å². The van der Waals surface area contributed by atoms with E-state index in [0.717, 1.165) is 17.9 Å². The van der Waals surface area contributed by atoms with Crippen molar-refractivity contribution >= 4 is 28.9 Å². The molecule has 0 saturated heterocycles. The van der Waals surface area contributed by atoms with E-state index < -0.39 is 21.3 Å². The number of rotatable bonds is 4. The van der Waals surface area contributed by atoms with Crippen LogP contribution in [0.15, 0.2) is 119 Å². The van der Waals surface area contributed by atoms with Crippen molar-refractivity contribution < 1.29 is 46.1 Å². The maximum absolute atomic E-state index is 6.52. The molecule has 5 aromatic carbocycles. The van der Waals surface area contributed by atoms with Crippen LogP contribution in [0.25, 0.3) is 21.9 Å². The topological polar surface area (TPSA) is 0 Å². The molecule has 0 fully saturated rings. The minimum Gasteiger partial charge on any atom is -1.00 e. The van der Waals surface area contributed by atoms with Gasteiger partial charge in [0, 0.05) is 0 Å². The molecule has 0 saturated carbocycles. The van der Waals surface area contributed by atoms with Crippen molar-refractivity contribution in [2.45, 2.75) is 65.2 Å². The monoisotopic (exact) mass is 752 g/mol. The van der Waals surface area contributed by atoms with Crippen LogP contribution in [0.2, 0.25) is 5.02 Å². The normalized spacial score (nSPS) is 13.8. The zero-order valence-electron chi connectivity index (χ0n) is 28.0. The molecule has 0 radical (unpaired) electrons. The van der Waals surface area contributed by atoms with Gasteiger partial charge in [-0.2, -0.15) is 0 Å². The van der Waals surface area contributed by atoms with Crippen molar-refractivity contribution in [3.8, 4) is 11.1 Å². The van der Waals surface area contributed by atoms with Gasteiger partial charge in [0.1, 0.15) is 0 Å². The minimum absolute atomic E-state index is 0. The van der Waals surface area contributed by atoms with Crippen molar-refractivity contribution in [3.63, 3.8) is 0 Å². The summed E-state index contributed by atoms with van der Waals surface area (Å²) in [4.78, 5) is 0. The van der Waals surface area contributed by atoms with E-state index in [1.165, 1.54) is 49.7 Å². The third-order valence-electron chi connectivity index (χ3n) is 9.53. The second-order valence-corrected chi connectivity index (χ2v) is 21.0. The summed E-state index contributed by atoms with van der Waals surface area (Å²) in [7, 11) is 0. The summed E-state index contributed by atoms with van der Waals surface area (Å²) in [5.74, 6) is 0. The van der Waals surface area contributed by atoms with Gasteiger partial charge in [0.05, 0.1) is 0 Å². The fourth-order valence-corrected chi connectivity index (χ4v) is 16.4. The molecule has 0 atom stereocenters. The SMILES string of the molecule is CC(C)(C)c1ccc2c(c1)Cc1c-2ccc(C(C)(C)C)[c]1/[Zr+2]([C]1=CC=CC1)=[C](\c1ccc(Cl)cc1)c1cccc2ccccc12.[Cl-].[Cl-]. The molecule has 5 aromatic rings. The Bertz CT molecular complexity index is 2060. The van der Waals surface area contributed by atoms with E-state index >= 15 is 0 Å². The van der Waals surface area contributed by atoms with Gasteiger partial charge >= 0.3 is 283 Å². The molecule has 0 nitrogen and oxygen atoms in total. The van der Waals surface area contributed by atoms with Crippen LogP contribution in [0.1, 0.15) is 81.3 Å². The quantitative estimate of drug-likeness (QED) is 0.237. The molecule has 0 bridgehead atoms. The first kappa shape index (κ1) is 35.8. The number of fused-ring (bicyclic) bond motifs is 4. The fraction of sp³-hybridized carbons (Fsp3) is 0.233. The standard InChI is InChI=1S/C21H25.C17H11Cl.C5H5.2ClH.Zr/c1-20(2,3)16-7-9-18-14(12-16)11-15-13-17(21(4,5)6)8-10-19(15)18;18-16-10-8-13(9-11-16)12-15-6-3-5-14-4-1-2-7-17(14)15;1-2-4-5-3-1;;;/h7-10,12H,11H2,1-6H3;1-11H;1-3H,4H2;2*1H;/q;;;;;+2/p-2. The Morgan fingerprint density at radius 2 is 1.43 bits per heavy atom. The third-order valence-corrected chi connectivity index (χ3v) is 17.5. The predicted octanol–water partition coefficient (Wildman–Crippen LogP) is 5.02. The molecule has 0 aromatic heterocycles.